The number of hydrogen-bond acceptors (Lipinski definition) is 4. The van der Waals surface area contributed by atoms with Crippen LogP contribution in [0.4, 0.5) is 0 Å². The lowest BCUT2D eigenvalue weighted by Crippen LogP contribution is -2.45. The first kappa shape index (κ1) is 16.0. The Bertz CT molecular complexity index is 300. The standard InChI is InChI=1S/C15H26O4/c1-11(2)15(13(16)18-3,14(17)19-4)10-9-12-7-5-6-8-12/h11-12H,5-10H2,1-4H3. The molecule has 0 aromatic heterocycles. The number of carbonyl (C=O) groups excluding carboxylic acids is 2. The molecule has 1 aliphatic carbocycles. The van der Waals surface area contributed by atoms with Crippen molar-refractivity contribution in [2.45, 2.75) is 52.4 Å². The molecule has 0 radical (unpaired) electrons. The maximum Gasteiger partial charge on any atom is 0.323 e. The second-order valence-electron chi connectivity index (χ2n) is 5.80. The number of rotatable bonds is 6. The van der Waals surface area contributed by atoms with Gasteiger partial charge in [-0.1, -0.05) is 39.5 Å². The Morgan fingerprint density at radius 1 is 1.11 bits per heavy atom. The molecule has 0 spiro atoms. The summed E-state index contributed by atoms with van der Waals surface area (Å²) in [5.74, 6) is -0.430. The van der Waals surface area contributed by atoms with Crippen molar-refractivity contribution in [3.05, 3.63) is 0 Å². The quantitative estimate of drug-likeness (QED) is 0.550. The third-order valence-electron chi connectivity index (χ3n) is 4.51. The van der Waals surface area contributed by atoms with Gasteiger partial charge in [0.25, 0.3) is 0 Å². The summed E-state index contributed by atoms with van der Waals surface area (Å²) in [6, 6.07) is 0. The zero-order valence-corrected chi connectivity index (χ0v) is 12.5. The predicted octanol–water partition coefficient (Wildman–Crippen LogP) is 2.95. The van der Waals surface area contributed by atoms with Crippen molar-refractivity contribution in [3.63, 3.8) is 0 Å². The van der Waals surface area contributed by atoms with Crippen LogP contribution in [0.15, 0.2) is 0 Å². The molecule has 0 atom stereocenters. The van der Waals surface area contributed by atoms with Gasteiger partial charge in [0.1, 0.15) is 0 Å². The molecule has 0 saturated heterocycles. The lowest BCUT2D eigenvalue weighted by atomic mass is 9.72. The molecule has 0 unspecified atom stereocenters. The summed E-state index contributed by atoms with van der Waals surface area (Å²) >= 11 is 0. The molecule has 0 heterocycles. The molecule has 4 heteroatoms. The van der Waals surface area contributed by atoms with E-state index in [0.29, 0.717) is 12.3 Å². The lowest BCUT2D eigenvalue weighted by molar-refractivity contribution is -0.174. The molecule has 0 amide bonds. The fourth-order valence-electron chi connectivity index (χ4n) is 3.14. The molecule has 19 heavy (non-hydrogen) atoms. The largest absolute Gasteiger partial charge is 0.468 e. The first-order chi connectivity index (χ1) is 8.98. The van der Waals surface area contributed by atoms with Gasteiger partial charge in [0.05, 0.1) is 14.2 Å². The molecular weight excluding hydrogens is 244 g/mol. The smallest absolute Gasteiger partial charge is 0.323 e. The van der Waals surface area contributed by atoms with E-state index in [2.05, 4.69) is 0 Å². The third kappa shape index (κ3) is 3.28. The van der Waals surface area contributed by atoms with Crippen LogP contribution in [0.25, 0.3) is 0 Å². The SMILES string of the molecule is COC(=O)C(CCC1CCCC1)(C(=O)OC)C(C)C. The molecule has 0 aromatic rings. The zero-order chi connectivity index (χ0) is 14.5. The third-order valence-corrected chi connectivity index (χ3v) is 4.51. The molecule has 1 fully saturated rings. The van der Waals surface area contributed by atoms with Gasteiger partial charge in [-0.2, -0.15) is 0 Å². The summed E-state index contributed by atoms with van der Waals surface area (Å²) in [6.45, 7) is 3.75. The maximum absolute atomic E-state index is 12.2. The Morgan fingerprint density at radius 3 is 1.95 bits per heavy atom. The van der Waals surface area contributed by atoms with E-state index in [0.717, 1.165) is 6.42 Å². The van der Waals surface area contributed by atoms with E-state index < -0.39 is 17.4 Å². The van der Waals surface area contributed by atoms with E-state index >= 15 is 0 Å². The monoisotopic (exact) mass is 270 g/mol. The van der Waals surface area contributed by atoms with E-state index in [1.54, 1.807) is 0 Å². The van der Waals surface area contributed by atoms with Gasteiger partial charge >= 0.3 is 11.9 Å². The van der Waals surface area contributed by atoms with E-state index in [4.69, 9.17) is 9.47 Å². The van der Waals surface area contributed by atoms with E-state index in [1.165, 1.54) is 39.9 Å². The molecule has 1 rings (SSSR count). The Hall–Kier alpha value is -1.06. The van der Waals surface area contributed by atoms with E-state index in [9.17, 15) is 9.59 Å². The summed E-state index contributed by atoms with van der Waals surface area (Å²) in [5, 5.41) is 0. The van der Waals surface area contributed by atoms with Crippen molar-refractivity contribution in [3.8, 4) is 0 Å². The normalized spacial score (nSPS) is 16.7. The Labute approximate surface area is 115 Å². The van der Waals surface area contributed by atoms with Crippen LogP contribution < -0.4 is 0 Å². The fraction of sp³-hybridized carbons (Fsp3) is 0.867. The highest BCUT2D eigenvalue weighted by atomic mass is 16.5. The predicted molar refractivity (Wildman–Crippen MR) is 72.5 cm³/mol. The average molecular weight is 270 g/mol. The van der Waals surface area contributed by atoms with Crippen molar-refractivity contribution >= 4 is 11.9 Å². The molecule has 110 valence electrons. The minimum atomic E-state index is -1.15. The van der Waals surface area contributed by atoms with E-state index in [-0.39, 0.29) is 5.92 Å². The van der Waals surface area contributed by atoms with Crippen LogP contribution in [0.3, 0.4) is 0 Å². The summed E-state index contributed by atoms with van der Waals surface area (Å²) in [7, 11) is 2.66. The van der Waals surface area contributed by atoms with Gasteiger partial charge in [-0.3, -0.25) is 9.59 Å². The van der Waals surface area contributed by atoms with Gasteiger partial charge in [-0.05, 0) is 24.7 Å². The summed E-state index contributed by atoms with van der Waals surface area (Å²) in [6.07, 6.45) is 6.34. The number of methoxy groups -OCH3 is 2. The molecule has 0 aliphatic heterocycles. The van der Waals surface area contributed by atoms with Crippen LogP contribution in [0.2, 0.25) is 0 Å². The van der Waals surface area contributed by atoms with Crippen LogP contribution >= 0.6 is 0 Å². The summed E-state index contributed by atoms with van der Waals surface area (Å²) in [4.78, 5) is 24.3. The summed E-state index contributed by atoms with van der Waals surface area (Å²) in [5.41, 5.74) is -1.15. The molecule has 1 saturated carbocycles. The van der Waals surface area contributed by atoms with Gasteiger partial charge < -0.3 is 9.47 Å². The van der Waals surface area contributed by atoms with Crippen LogP contribution in [0.5, 0.6) is 0 Å². The Kier molecular flexibility index (Phi) is 5.83. The maximum atomic E-state index is 12.2. The van der Waals surface area contributed by atoms with Gasteiger partial charge in [-0.25, -0.2) is 0 Å². The van der Waals surface area contributed by atoms with Crippen molar-refractivity contribution in [1.29, 1.82) is 0 Å². The van der Waals surface area contributed by atoms with Crippen molar-refractivity contribution in [2.24, 2.45) is 17.3 Å². The number of esters is 2. The van der Waals surface area contributed by atoms with Crippen LogP contribution in [0.1, 0.15) is 52.4 Å². The molecule has 4 nitrogen and oxygen atoms in total. The Morgan fingerprint density at radius 2 is 1.58 bits per heavy atom. The van der Waals surface area contributed by atoms with Crippen molar-refractivity contribution < 1.29 is 19.1 Å². The highest BCUT2D eigenvalue weighted by Gasteiger charge is 2.50. The Balaban J connectivity index is 2.87. The molecule has 0 bridgehead atoms. The molecule has 0 aromatic carbocycles. The highest BCUT2D eigenvalue weighted by Crippen LogP contribution is 2.39. The first-order valence-electron chi connectivity index (χ1n) is 7.15. The van der Waals surface area contributed by atoms with E-state index in [1.807, 2.05) is 13.8 Å². The number of ether oxygens (including phenoxy) is 2. The minimum Gasteiger partial charge on any atom is -0.468 e. The topological polar surface area (TPSA) is 52.6 Å². The second-order valence-corrected chi connectivity index (χ2v) is 5.80. The van der Waals surface area contributed by atoms with Crippen LogP contribution in [0, 0.1) is 17.3 Å². The lowest BCUT2D eigenvalue weighted by Gasteiger charge is -2.32. The zero-order valence-electron chi connectivity index (χ0n) is 12.5. The summed E-state index contributed by atoms with van der Waals surface area (Å²) < 4.78 is 9.75. The molecule has 1 aliphatic rings. The highest BCUT2D eigenvalue weighted by molar-refractivity contribution is 6.00. The van der Waals surface area contributed by atoms with Crippen LogP contribution in [-0.2, 0) is 19.1 Å². The number of hydrogen-bond donors (Lipinski definition) is 0. The van der Waals surface area contributed by atoms with Gasteiger partial charge in [0.15, 0.2) is 5.41 Å². The average Bonchev–Trinajstić information content (AvgIpc) is 2.91. The van der Waals surface area contributed by atoms with Gasteiger partial charge in [0.2, 0.25) is 0 Å². The first-order valence-corrected chi connectivity index (χ1v) is 7.15. The van der Waals surface area contributed by atoms with Crippen LogP contribution in [-0.4, -0.2) is 26.2 Å². The fourth-order valence-corrected chi connectivity index (χ4v) is 3.14. The molecule has 0 N–H and O–H groups in total. The van der Waals surface area contributed by atoms with Crippen molar-refractivity contribution in [1.82, 2.24) is 0 Å². The minimum absolute atomic E-state index is 0.131. The second kappa shape index (κ2) is 6.92. The number of carbonyl (C=O) groups is 2. The molecular formula is C15H26O4. The van der Waals surface area contributed by atoms with Gasteiger partial charge in [0, 0.05) is 0 Å². The van der Waals surface area contributed by atoms with Crippen molar-refractivity contribution in [2.75, 3.05) is 14.2 Å². The van der Waals surface area contributed by atoms with Gasteiger partial charge in [-0.15, -0.1) is 0 Å².